The number of hydrogen-bond acceptors (Lipinski definition) is 5. The molecule has 6 heteroatoms. The van der Waals surface area contributed by atoms with Gasteiger partial charge >= 0.3 is 5.97 Å². The van der Waals surface area contributed by atoms with Crippen molar-refractivity contribution in [3.8, 4) is 5.75 Å². The SMILES string of the molecule is C/C=C/C=C/C(=O)O[C@H](C)C(=O)Nc1cc2oc3ccccc3c2cc1OC. The fourth-order valence-electron chi connectivity index (χ4n) is 2.76. The minimum absolute atomic E-state index is 0.436. The van der Waals surface area contributed by atoms with Crippen molar-refractivity contribution in [2.24, 2.45) is 0 Å². The molecule has 0 aliphatic heterocycles. The predicted molar refractivity (Wildman–Crippen MR) is 108 cm³/mol. The summed E-state index contributed by atoms with van der Waals surface area (Å²) in [5, 5.41) is 4.58. The van der Waals surface area contributed by atoms with Gasteiger partial charge in [0.2, 0.25) is 0 Å². The van der Waals surface area contributed by atoms with Crippen LogP contribution in [0.1, 0.15) is 13.8 Å². The van der Waals surface area contributed by atoms with Crippen molar-refractivity contribution in [1.29, 1.82) is 0 Å². The number of esters is 1. The monoisotopic (exact) mass is 379 g/mol. The standard InChI is InChI=1S/C22H21NO5/c1-4-5-6-11-21(24)27-14(2)22(25)23-17-13-19-16(12-20(17)26-3)15-9-7-8-10-18(15)28-19/h4-14H,1-3H3,(H,23,25)/b5-4+,11-6+/t14-/m1/s1. The van der Waals surface area contributed by atoms with Crippen LogP contribution in [0.2, 0.25) is 0 Å². The fourth-order valence-corrected chi connectivity index (χ4v) is 2.76. The Balaban J connectivity index is 1.81. The maximum atomic E-state index is 12.4. The molecule has 28 heavy (non-hydrogen) atoms. The summed E-state index contributed by atoms with van der Waals surface area (Å²) in [5.74, 6) is -0.582. The van der Waals surface area contributed by atoms with Gasteiger partial charge in [0.25, 0.3) is 5.91 Å². The molecule has 144 valence electrons. The van der Waals surface area contributed by atoms with Crippen LogP contribution in [0.25, 0.3) is 21.9 Å². The molecule has 6 nitrogen and oxygen atoms in total. The van der Waals surface area contributed by atoms with Crippen LogP contribution in [0.5, 0.6) is 5.75 Å². The average Bonchev–Trinajstić information content (AvgIpc) is 3.04. The summed E-state index contributed by atoms with van der Waals surface area (Å²) in [6.07, 6.45) is 5.30. The fraction of sp³-hybridized carbons (Fsp3) is 0.182. The van der Waals surface area contributed by atoms with Crippen molar-refractivity contribution in [3.05, 3.63) is 60.7 Å². The normalized spacial score (nSPS) is 12.7. The molecule has 0 bridgehead atoms. The van der Waals surface area contributed by atoms with Gasteiger partial charge in [-0.05, 0) is 26.0 Å². The first-order valence-electron chi connectivity index (χ1n) is 8.83. The van der Waals surface area contributed by atoms with E-state index in [1.54, 1.807) is 24.3 Å². The minimum atomic E-state index is -0.973. The highest BCUT2D eigenvalue weighted by Gasteiger charge is 2.19. The number of carbonyl (C=O) groups excluding carboxylic acids is 2. The molecule has 0 saturated heterocycles. The maximum Gasteiger partial charge on any atom is 0.331 e. The van der Waals surface area contributed by atoms with Gasteiger partial charge in [0, 0.05) is 22.9 Å². The summed E-state index contributed by atoms with van der Waals surface area (Å²) in [6.45, 7) is 3.33. The van der Waals surface area contributed by atoms with Gasteiger partial charge in [-0.3, -0.25) is 4.79 Å². The maximum absolute atomic E-state index is 12.4. The molecular weight excluding hydrogens is 358 g/mol. The number of amides is 1. The number of ether oxygens (including phenoxy) is 2. The van der Waals surface area contributed by atoms with Crippen molar-refractivity contribution in [2.75, 3.05) is 12.4 Å². The van der Waals surface area contributed by atoms with Crippen LogP contribution in [0, 0.1) is 0 Å². The first-order chi connectivity index (χ1) is 13.5. The number of benzene rings is 2. The highest BCUT2D eigenvalue weighted by Crippen LogP contribution is 2.36. The number of nitrogens with one attached hydrogen (secondary N) is 1. The summed E-state index contributed by atoms with van der Waals surface area (Å²) in [7, 11) is 1.52. The zero-order valence-electron chi connectivity index (χ0n) is 15.9. The molecule has 0 aliphatic carbocycles. The van der Waals surface area contributed by atoms with Gasteiger partial charge in [0.1, 0.15) is 16.9 Å². The van der Waals surface area contributed by atoms with Crippen molar-refractivity contribution >= 4 is 39.5 Å². The Morgan fingerprint density at radius 3 is 2.64 bits per heavy atom. The van der Waals surface area contributed by atoms with Gasteiger partial charge in [0.05, 0.1) is 12.8 Å². The van der Waals surface area contributed by atoms with E-state index in [0.29, 0.717) is 17.0 Å². The van der Waals surface area contributed by atoms with Gasteiger partial charge in [-0.1, -0.05) is 36.4 Å². The number of methoxy groups -OCH3 is 1. The van der Waals surface area contributed by atoms with Gasteiger partial charge in [-0.2, -0.15) is 0 Å². The average molecular weight is 379 g/mol. The lowest BCUT2D eigenvalue weighted by molar-refractivity contribution is -0.148. The van der Waals surface area contributed by atoms with Crippen LogP contribution >= 0.6 is 0 Å². The number of hydrogen-bond donors (Lipinski definition) is 1. The van der Waals surface area contributed by atoms with E-state index in [4.69, 9.17) is 13.9 Å². The molecule has 0 radical (unpaired) electrons. The Bertz CT molecular complexity index is 1080. The summed E-state index contributed by atoms with van der Waals surface area (Å²) >= 11 is 0. The highest BCUT2D eigenvalue weighted by molar-refractivity contribution is 6.08. The van der Waals surface area contributed by atoms with E-state index < -0.39 is 18.0 Å². The van der Waals surface area contributed by atoms with Crippen molar-refractivity contribution in [1.82, 2.24) is 0 Å². The Morgan fingerprint density at radius 1 is 1.11 bits per heavy atom. The zero-order valence-corrected chi connectivity index (χ0v) is 15.9. The van der Waals surface area contributed by atoms with Crippen LogP contribution in [-0.2, 0) is 14.3 Å². The van der Waals surface area contributed by atoms with E-state index in [1.165, 1.54) is 20.1 Å². The lowest BCUT2D eigenvalue weighted by atomic mass is 10.1. The number of para-hydroxylation sites is 1. The third-order valence-corrected chi connectivity index (χ3v) is 4.15. The number of furan rings is 1. The molecule has 1 aromatic heterocycles. The molecule has 1 atom stereocenters. The van der Waals surface area contributed by atoms with Gasteiger partial charge in [-0.15, -0.1) is 0 Å². The largest absolute Gasteiger partial charge is 0.495 e. The van der Waals surface area contributed by atoms with E-state index in [2.05, 4.69) is 5.32 Å². The Morgan fingerprint density at radius 2 is 1.89 bits per heavy atom. The first-order valence-corrected chi connectivity index (χ1v) is 8.83. The quantitative estimate of drug-likeness (QED) is 0.385. The Labute approximate surface area is 162 Å². The van der Waals surface area contributed by atoms with E-state index in [1.807, 2.05) is 37.3 Å². The topological polar surface area (TPSA) is 77.8 Å². The third kappa shape index (κ3) is 4.06. The smallest absolute Gasteiger partial charge is 0.331 e. The van der Waals surface area contributed by atoms with Crippen molar-refractivity contribution in [3.63, 3.8) is 0 Å². The number of allylic oxidation sites excluding steroid dienone is 3. The lowest BCUT2D eigenvalue weighted by Crippen LogP contribution is -2.29. The second-order valence-corrected chi connectivity index (χ2v) is 6.10. The predicted octanol–water partition coefficient (Wildman–Crippen LogP) is 4.60. The molecule has 0 spiro atoms. The number of fused-ring (bicyclic) bond motifs is 3. The number of rotatable bonds is 6. The highest BCUT2D eigenvalue weighted by atomic mass is 16.5. The second-order valence-electron chi connectivity index (χ2n) is 6.10. The number of carbonyl (C=O) groups is 2. The van der Waals surface area contributed by atoms with E-state index in [0.717, 1.165) is 16.4 Å². The molecule has 0 saturated carbocycles. The first kappa shape index (κ1) is 19.2. The van der Waals surface area contributed by atoms with Gasteiger partial charge < -0.3 is 19.2 Å². The Hall–Kier alpha value is -3.54. The molecule has 3 aromatic rings. The molecule has 3 rings (SSSR count). The van der Waals surface area contributed by atoms with E-state index in [9.17, 15) is 9.59 Å². The van der Waals surface area contributed by atoms with Crippen molar-refractivity contribution < 1.29 is 23.5 Å². The lowest BCUT2D eigenvalue weighted by Gasteiger charge is -2.14. The van der Waals surface area contributed by atoms with Crippen LogP contribution in [-0.4, -0.2) is 25.1 Å². The molecule has 0 fully saturated rings. The molecule has 0 unspecified atom stereocenters. The molecule has 0 aliphatic rings. The number of anilines is 1. The molecule has 1 amide bonds. The third-order valence-electron chi connectivity index (χ3n) is 4.15. The molecular formula is C22H21NO5. The molecule has 2 aromatic carbocycles. The van der Waals surface area contributed by atoms with E-state index in [-0.39, 0.29) is 0 Å². The summed E-state index contributed by atoms with van der Waals surface area (Å²) in [4.78, 5) is 24.2. The summed E-state index contributed by atoms with van der Waals surface area (Å²) < 4.78 is 16.4. The van der Waals surface area contributed by atoms with Crippen LogP contribution in [0.4, 0.5) is 5.69 Å². The molecule has 1 N–H and O–H groups in total. The van der Waals surface area contributed by atoms with Gasteiger partial charge in [-0.25, -0.2) is 4.79 Å². The zero-order chi connectivity index (χ0) is 20.1. The Kier molecular flexibility index (Phi) is 5.79. The summed E-state index contributed by atoms with van der Waals surface area (Å²) in [5.41, 5.74) is 1.81. The summed E-state index contributed by atoms with van der Waals surface area (Å²) in [6, 6.07) is 11.2. The van der Waals surface area contributed by atoms with E-state index >= 15 is 0 Å². The van der Waals surface area contributed by atoms with Crippen LogP contribution in [0.15, 0.2) is 65.1 Å². The van der Waals surface area contributed by atoms with Gasteiger partial charge in [0.15, 0.2) is 6.10 Å². The molecule has 1 heterocycles. The van der Waals surface area contributed by atoms with Crippen molar-refractivity contribution in [2.45, 2.75) is 20.0 Å². The van der Waals surface area contributed by atoms with Crippen LogP contribution < -0.4 is 10.1 Å². The minimum Gasteiger partial charge on any atom is -0.495 e. The second kappa shape index (κ2) is 8.43. The van der Waals surface area contributed by atoms with Crippen LogP contribution in [0.3, 0.4) is 0 Å².